The van der Waals surface area contributed by atoms with E-state index in [1.54, 1.807) is 0 Å². The zero-order chi connectivity index (χ0) is 12.9. The molecule has 0 aliphatic rings. The first kappa shape index (κ1) is 15.0. The zero-order valence-electron chi connectivity index (χ0n) is 11.6. The molecule has 0 radical (unpaired) electrons. The second kappa shape index (κ2) is 11.1. The number of para-hydroxylation sites is 1. The maximum atomic E-state index is 5.17. The highest BCUT2D eigenvalue weighted by Crippen LogP contribution is 2.10. The second-order valence-corrected chi connectivity index (χ2v) is 4.69. The molecule has 2 nitrogen and oxygen atoms in total. The lowest BCUT2D eigenvalue weighted by Gasteiger charge is -2.04. The van der Waals surface area contributed by atoms with Gasteiger partial charge < -0.3 is 4.89 Å². The van der Waals surface area contributed by atoms with Crippen molar-refractivity contribution in [2.24, 2.45) is 0 Å². The molecular weight excluding hydrogens is 224 g/mol. The topological polar surface area (TPSA) is 18.5 Å². The van der Waals surface area contributed by atoms with Crippen molar-refractivity contribution in [1.29, 1.82) is 0 Å². The van der Waals surface area contributed by atoms with E-state index >= 15 is 0 Å². The first-order valence-corrected chi connectivity index (χ1v) is 7.28. The summed E-state index contributed by atoms with van der Waals surface area (Å²) in [5.41, 5.74) is 0. The quantitative estimate of drug-likeness (QED) is 0.307. The van der Waals surface area contributed by atoms with Gasteiger partial charge in [-0.05, 0) is 18.6 Å². The van der Waals surface area contributed by atoms with E-state index in [2.05, 4.69) is 6.92 Å². The predicted molar refractivity (Wildman–Crippen MR) is 75.6 cm³/mol. The Hall–Kier alpha value is -1.02. The predicted octanol–water partition coefficient (Wildman–Crippen LogP) is 5.14. The van der Waals surface area contributed by atoms with E-state index in [0.717, 1.165) is 12.2 Å². The lowest BCUT2D eigenvalue weighted by Crippen LogP contribution is -1.99. The molecule has 1 rings (SSSR count). The number of rotatable bonds is 11. The molecule has 0 aliphatic heterocycles. The summed E-state index contributed by atoms with van der Waals surface area (Å²) in [6.45, 7) is 2.94. The molecule has 2 heteroatoms. The monoisotopic (exact) mass is 250 g/mol. The SMILES string of the molecule is CCCCCCCCCCOOc1ccccc1. The Balaban J connectivity index is 1.82. The van der Waals surface area contributed by atoms with Gasteiger partial charge in [0.2, 0.25) is 0 Å². The molecule has 0 fully saturated rings. The molecule has 0 atom stereocenters. The number of hydrogen-bond acceptors (Lipinski definition) is 2. The Bertz CT molecular complexity index is 272. The molecule has 0 heterocycles. The molecular formula is C16H26O2. The van der Waals surface area contributed by atoms with Crippen molar-refractivity contribution in [2.45, 2.75) is 58.3 Å². The molecule has 0 saturated heterocycles. The van der Waals surface area contributed by atoms with Crippen LogP contribution >= 0.6 is 0 Å². The van der Waals surface area contributed by atoms with Gasteiger partial charge in [0, 0.05) is 0 Å². The van der Waals surface area contributed by atoms with Gasteiger partial charge >= 0.3 is 0 Å². The third kappa shape index (κ3) is 8.13. The van der Waals surface area contributed by atoms with E-state index in [1.165, 1.54) is 44.9 Å². The third-order valence-corrected chi connectivity index (χ3v) is 2.98. The van der Waals surface area contributed by atoms with Crippen LogP contribution in [0.2, 0.25) is 0 Å². The van der Waals surface area contributed by atoms with Crippen molar-refractivity contribution in [3.8, 4) is 5.75 Å². The largest absolute Gasteiger partial charge is 0.338 e. The Morgan fingerprint density at radius 3 is 2.06 bits per heavy atom. The molecule has 0 saturated carbocycles. The minimum absolute atomic E-state index is 0.684. The molecule has 0 aromatic heterocycles. The number of unbranched alkanes of at least 4 members (excludes halogenated alkanes) is 7. The lowest BCUT2D eigenvalue weighted by atomic mass is 10.1. The summed E-state index contributed by atoms with van der Waals surface area (Å²) in [6, 6.07) is 9.64. The molecule has 102 valence electrons. The van der Waals surface area contributed by atoms with Crippen LogP contribution in [0.4, 0.5) is 0 Å². The highest BCUT2D eigenvalue weighted by molar-refractivity contribution is 5.20. The maximum absolute atomic E-state index is 5.17. The average molecular weight is 250 g/mol. The van der Waals surface area contributed by atoms with E-state index < -0.39 is 0 Å². The zero-order valence-corrected chi connectivity index (χ0v) is 11.6. The fourth-order valence-corrected chi connectivity index (χ4v) is 1.88. The van der Waals surface area contributed by atoms with Crippen molar-refractivity contribution >= 4 is 0 Å². The van der Waals surface area contributed by atoms with Crippen molar-refractivity contribution in [1.82, 2.24) is 0 Å². The smallest absolute Gasteiger partial charge is 0.165 e. The van der Waals surface area contributed by atoms with E-state index in [-0.39, 0.29) is 0 Å². The molecule has 0 N–H and O–H groups in total. The fourth-order valence-electron chi connectivity index (χ4n) is 1.88. The summed E-state index contributed by atoms with van der Waals surface area (Å²) < 4.78 is 0. The lowest BCUT2D eigenvalue weighted by molar-refractivity contribution is -0.207. The van der Waals surface area contributed by atoms with Crippen molar-refractivity contribution in [3.63, 3.8) is 0 Å². The normalized spacial score (nSPS) is 10.5. The van der Waals surface area contributed by atoms with Crippen LogP contribution in [0, 0.1) is 0 Å². The van der Waals surface area contributed by atoms with E-state index in [1.807, 2.05) is 30.3 Å². The first-order chi connectivity index (χ1) is 8.93. The van der Waals surface area contributed by atoms with Crippen LogP contribution < -0.4 is 4.89 Å². The van der Waals surface area contributed by atoms with Gasteiger partial charge in [0.15, 0.2) is 5.75 Å². The van der Waals surface area contributed by atoms with Crippen LogP contribution in [0.1, 0.15) is 58.3 Å². The van der Waals surface area contributed by atoms with Crippen LogP contribution in [0.5, 0.6) is 5.75 Å². The van der Waals surface area contributed by atoms with Gasteiger partial charge in [0.05, 0.1) is 6.61 Å². The summed E-state index contributed by atoms with van der Waals surface area (Å²) in [4.78, 5) is 10.3. The van der Waals surface area contributed by atoms with Crippen molar-refractivity contribution in [3.05, 3.63) is 30.3 Å². The van der Waals surface area contributed by atoms with E-state index in [9.17, 15) is 0 Å². The highest BCUT2D eigenvalue weighted by atomic mass is 17.2. The van der Waals surface area contributed by atoms with Crippen molar-refractivity contribution < 1.29 is 9.78 Å². The van der Waals surface area contributed by atoms with Gasteiger partial charge in [-0.1, -0.05) is 70.1 Å². The van der Waals surface area contributed by atoms with Gasteiger partial charge in [-0.15, -0.1) is 0 Å². The minimum atomic E-state index is 0.684. The van der Waals surface area contributed by atoms with Crippen LogP contribution in [-0.2, 0) is 4.89 Å². The fraction of sp³-hybridized carbons (Fsp3) is 0.625. The second-order valence-electron chi connectivity index (χ2n) is 4.69. The Morgan fingerprint density at radius 1 is 0.778 bits per heavy atom. The molecule has 1 aromatic rings. The van der Waals surface area contributed by atoms with Crippen LogP contribution in [0.3, 0.4) is 0 Å². The Morgan fingerprint density at radius 2 is 1.39 bits per heavy atom. The molecule has 18 heavy (non-hydrogen) atoms. The minimum Gasteiger partial charge on any atom is -0.338 e. The van der Waals surface area contributed by atoms with Gasteiger partial charge in [-0.2, -0.15) is 4.89 Å². The first-order valence-electron chi connectivity index (χ1n) is 7.28. The molecule has 1 aromatic carbocycles. The summed E-state index contributed by atoms with van der Waals surface area (Å²) in [6.07, 6.45) is 10.5. The summed E-state index contributed by atoms with van der Waals surface area (Å²) in [7, 11) is 0. The van der Waals surface area contributed by atoms with E-state index in [0.29, 0.717) is 6.61 Å². The average Bonchev–Trinajstić information content (AvgIpc) is 2.42. The van der Waals surface area contributed by atoms with Crippen LogP contribution in [0.25, 0.3) is 0 Å². The van der Waals surface area contributed by atoms with Gasteiger partial charge in [-0.25, -0.2) is 0 Å². The van der Waals surface area contributed by atoms with Gasteiger partial charge in [-0.3, -0.25) is 0 Å². The van der Waals surface area contributed by atoms with Crippen molar-refractivity contribution in [2.75, 3.05) is 6.61 Å². The number of hydrogen-bond donors (Lipinski definition) is 0. The summed E-state index contributed by atoms with van der Waals surface area (Å²) in [5.74, 6) is 0.775. The summed E-state index contributed by atoms with van der Waals surface area (Å²) in [5, 5.41) is 0. The molecule has 0 aliphatic carbocycles. The standard InChI is InChI=1S/C16H26O2/c1-2-3-4-5-6-7-8-12-15-17-18-16-13-10-9-11-14-16/h9-11,13-14H,2-8,12,15H2,1H3. The molecule has 0 amide bonds. The van der Waals surface area contributed by atoms with Crippen LogP contribution in [0.15, 0.2) is 30.3 Å². The van der Waals surface area contributed by atoms with Crippen LogP contribution in [-0.4, -0.2) is 6.61 Å². The highest BCUT2D eigenvalue weighted by Gasteiger charge is 1.94. The van der Waals surface area contributed by atoms with Gasteiger partial charge in [0.25, 0.3) is 0 Å². The molecule has 0 bridgehead atoms. The van der Waals surface area contributed by atoms with Gasteiger partial charge in [0.1, 0.15) is 0 Å². The Kier molecular flexibility index (Phi) is 9.27. The van der Waals surface area contributed by atoms with E-state index in [4.69, 9.17) is 9.78 Å². The maximum Gasteiger partial charge on any atom is 0.165 e. The third-order valence-electron chi connectivity index (χ3n) is 2.98. The molecule has 0 unspecified atom stereocenters. The number of benzene rings is 1. The molecule has 0 spiro atoms. The summed E-state index contributed by atoms with van der Waals surface area (Å²) >= 11 is 0. The Labute approximate surface area is 111 Å².